The van der Waals surface area contributed by atoms with Crippen LogP contribution >= 0.6 is 35.6 Å². The summed E-state index contributed by atoms with van der Waals surface area (Å²) in [6.07, 6.45) is -7.57. The molecule has 4 nitrogen and oxygen atoms in total. The van der Waals surface area contributed by atoms with Crippen LogP contribution in [0.25, 0.3) is 0 Å². The summed E-state index contributed by atoms with van der Waals surface area (Å²) >= 11 is 12.3. The van der Waals surface area contributed by atoms with Crippen molar-refractivity contribution in [1.82, 2.24) is 15.1 Å². The zero-order valence-electron chi connectivity index (χ0n) is 24.4. The third kappa shape index (κ3) is 6.85. The van der Waals surface area contributed by atoms with Crippen molar-refractivity contribution < 1.29 is 31.1 Å². The third-order valence-corrected chi connectivity index (χ3v) is 10.2. The van der Waals surface area contributed by atoms with E-state index in [-0.39, 0.29) is 65.7 Å². The fourth-order valence-corrected chi connectivity index (χ4v) is 7.34. The first-order valence-corrected chi connectivity index (χ1v) is 15.2. The molecular formula is C32H34Cl3F6N3O. The maximum atomic E-state index is 15.4. The van der Waals surface area contributed by atoms with E-state index in [2.05, 4.69) is 5.32 Å². The lowest BCUT2D eigenvalue weighted by Gasteiger charge is -2.53. The van der Waals surface area contributed by atoms with E-state index in [9.17, 15) is 4.79 Å². The Hall–Kier alpha value is -2.40. The summed E-state index contributed by atoms with van der Waals surface area (Å²) in [5.41, 5.74) is -6.20. The molecule has 1 aliphatic carbocycles. The molecule has 2 amide bonds. The van der Waals surface area contributed by atoms with E-state index in [1.165, 1.54) is 22.6 Å². The minimum absolute atomic E-state index is 0. The third-order valence-electron chi connectivity index (χ3n) is 9.44. The second-order valence-corrected chi connectivity index (χ2v) is 12.8. The molecule has 13 heteroatoms. The quantitative estimate of drug-likeness (QED) is 0.294. The van der Waals surface area contributed by atoms with Gasteiger partial charge in [0.2, 0.25) is 0 Å². The van der Waals surface area contributed by atoms with Crippen molar-refractivity contribution in [2.24, 2.45) is 5.41 Å². The number of carbonyl (C=O) groups excluding carboxylic acids is 1. The Kier molecular flexibility index (Phi) is 10.5. The summed E-state index contributed by atoms with van der Waals surface area (Å²) in [6, 6.07) is 12.9. The Morgan fingerprint density at radius 1 is 0.956 bits per heavy atom. The van der Waals surface area contributed by atoms with Gasteiger partial charge in [-0.05, 0) is 86.6 Å². The molecule has 2 heterocycles. The van der Waals surface area contributed by atoms with Crippen LogP contribution in [0.2, 0.25) is 10.0 Å². The van der Waals surface area contributed by atoms with Crippen LogP contribution in [0.4, 0.5) is 31.1 Å². The van der Waals surface area contributed by atoms with Crippen molar-refractivity contribution in [2.75, 3.05) is 39.3 Å². The number of hydrogen-bond acceptors (Lipinski definition) is 2. The molecule has 45 heavy (non-hydrogen) atoms. The molecule has 2 fully saturated rings. The molecule has 3 aliphatic rings. The molecule has 0 spiro atoms. The summed E-state index contributed by atoms with van der Waals surface area (Å²) in [4.78, 5) is 15.3. The zero-order valence-corrected chi connectivity index (χ0v) is 26.8. The first-order chi connectivity index (χ1) is 20.7. The standard InChI is InChI=1S/C32H33Cl2F6N3O.ClH/c1-29(32(38,39)40)19-21(20-43-16-12-41-28(43)44)17-27(31(35,36)37)30(29,24-7-8-25(33)26(34)18-24)11-15-42-13-9-23(10-14-42)22-5-3-2-4-6-22;/h2-8,17-19,23H,9-16,20H2,1H3,(H,41,44);1H. The second-order valence-electron chi connectivity index (χ2n) is 11.9. The predicted molar refractivity (Wildman–Crippen MR) is 166 cm³/mol. The lowest BCUT2D eigenvalue weighted by atomic mass is 9.52. The maximum absolute atomic E-state index is 15.4. The molecule has 2 aromatic carbocycles. The molecule has 2 unspecified atom stereocenters. The molecule has 5 rings (SSSR count). The summed E-state index contributed by atoms with van der Waals surface area (Å²) in [5, 5.41) is 2.42. The summed E-state index contributed by atoms with van der Waals surface area (Å²) < 4.78 is 91.8. The fraction of sp³-hybridized carbons (Fsp3) is 0.469. The molecule has 0 radical (unpaired) electrons. The number of piperidine rings is 1. The Morgan fingerprint density at radius 3 is 2.18 bits per heavy atom. The van der Waals surface area contributed by atoms with Crippen LogP contribution < -0.4 is 5.32 Å². The number of amides is 2. The fourth-order valence-electron chi connectivity index (χ4n) is 7.04. The van der Waals surface area contributed by atoms with Gasteiger partial charge in [-0.3, -0.25) is 0 Å². The van der Waals surface area contributed by atoms with Crippen LogP contribution in [0.3, 0.4) is 0 Å². The van der Waals surface area contributed by atoms with E-state index < -0.39 is 41.2 Å². The average Bonchev–Trinajstić information content (AvgIpc) is 3.37. The number of benzene rings is 2. The molecular weight excluding hydrogens is 663 g/mol. The number of nitrogens with zero attached hydrogens (tertiary/aromatic N) is 2. The number of alkyl halides is 6. The number of rotatable bonds is 7. The number of likely N-dealkylation sites (tertiary alicyclic amines) is 1. The van der Waals surface area contributed by atoms with Crippen molar-refractivity contribution >= 4 is 41.6 Å². The van der Waals surface area contributed by atoms with Crippen molar-refractivity contribution in [2.45, 2.75) is 49.9 Å². The number of hydrogen-bond donors (Lipinski definition) is 1. The first kappa shape index (κ1) is 35.5. The molecule has 2 saturated heterocycles. The molecule has 1 N–H and O–H groups in total. The Bertz CT molecular complexity index is 1440. The first-order valence-electron chi connectivity index (χ1n) is 14.5. The molecule has 2 aromatic rings. The highest BCUT2D eigenvalue weighted by molar-refractivity contribution is 6.42. The van der Waals surface area contributed by atoms with E-state index in [1.54, 1.807) is 0 Å². The highest BCUT2D eigenvalue weighted by Crippen LogP contribution is 2.64. The highest BCUT2D eigenvalue weighted by atomic mass is 35.5. The van der Waals surface area contributed by atoms with Crippen LogP contribution in [0.1, 0.15) is 43.2 Å². The van der Waals surface area contributed by atoms with Gasteiger partial charge in [0.25, 0.3) is 0 Å². The molecule has 2 atom stereocenters. The molecule has 2 aliphatic heterocycles. The maximum Gasteiger partial charge on any atom is 0.413 e. The topological polar surface area (TPSA) is 35.6 Å². The van der Waals surface area contributed by atoms with Gasteiger partial charge in [0, 0.05) is 30.6 Å². The van der Waals surface area contributed by atoms with Gasteiger partial charge >= 0.3 is 18.4 Å². The van der Waals surface area contributed by atoms with Crippen molar-refractivity contribution in [3.63, 3.8) is 0 Å². The second kappa shape index (κ2) is 13.4. The minimum Gasteiger partial charge on any atom is -0.336 e. The smallest absolute Gasteiger partial charge is 0.336 e. The predicted octanol–water partition coefficient (Wildman–Crippen LogP) is 8.95. The lowest BCUT2D eigenvalue weighted by molar-refractivity contribution is -0.228. The average molecular weight is 697 g/mol. The van der Waals surface area contributed by atoms with Gasteiger partial charge < -0.3 is 15.1 Å². The monoisotopic (exact) mass is 695 g/mol. The molecule has 0 aromatic heterocycles. The van der Waals surface area contributed by atoms with Crippen molar-refractivity contribution in [3.05, 3.63) is 93.0 Å². The number of nitrogens with one attached hydrogen (secondary N) is 1. The van der Waals surface area contributed by atoms with Gasteiger partial charge in [-0.15, -0.1) is 12.4 Å². The summed E-state index contributed by atoms with van der Waals surface area (Å²) in [6.45, 7) is 1.93. The van der Waals surface area contributed by atoms with E-state index in [1.807, 2.05) is 35.2 Å². The molecule has 0 bridgehead atoms. The van der Waals surface area contributed by atoms with Gasteiger partial charge in [0.05, 0.1) is 15.5 Å². The normalized spacial score (nSPS) is 25.0. The van der Waals surface area contributed by atoms with Gasteiger partial charge in [0.15, 0.2) is 0 Å². The van der Waals surface area contributed by atoms with Crippen LogP contribution in [-0.4, -0.2) is 67.5 Å². The van der Waals surface area contributed by atoms with Crippen molar-refractivity contribution in [1.29, 1.82) is 0 Å². The Labute approximate surface area is 274 Å². The largest absolute Gasteiger partial charge is 0.413 e. The molecule has 246 valence electrons. The zero-order chi connectivity index (χ0) is 31.9. The minimum atomic E-state index is -5.13. The summed E-state index contributed by atoms with van der Waals surface area (Å²) in [7, 11) is 0. The Morgan fingerprint density at radius 2 is 1.62 bits per heavy atom. The number of carbonyl (C=O) groups is 1. The van der Waals surface area contributed by atoms with Gasteiger partial charge in [-0.25, -0.2) is 4.79 Å². The Balaban J connectivity index is 0.00000461. The van der Waals surface area contributed by atoms with E-state index in [4.69, 9.17) is 23.2 Å². The van der Waals surface area contributed by atoms with E-state index >= 15 is 26.3 Å². The van der Waals surface area contributed by atoms with Gasteiger partial charge in [-0.1, -0.05) is 65.7 Å². The van der Waals surface area contributed by atoms with E-state index in [0.717, 1.165) is 38.0 Å². The SMILES string of the molecule is CC1(C(F)(F)F)C=C(CN2CCNC2=O)C=C(C(F)(F)F)C1(CCN1CCC(c2ccccc2)CC1)c1ccc(Cl)c(Cl)c1.Cl. The number of urea groups is 1. The van der Waals surface area contributed by atoms with E-state index in [0.29, 0.717) is 13.1 Å². The number of allylic oxidation sites excluding steroid dienone is 2. The molecule has 0 saturated carbocycles. The highest BCUT2D eigenvalue weighted by Gasteiger charge is 2.69. The van der Waals surface area contributed by atoms with Crippen LogP contribution in [0.15, 0.2) is 71.8 Å². The number of halogens is 9. The lowest BCUT2D eigenvalue weighted by Crippen LogP contribution is -2.58. The van der Waals surface area contributed by atoms with Gasteiger partial charge in [0.1, 0.15) is 0 Å². The van der Waals surface area contributed by atoms with Crippen LogP contribution in [0, 0.1) is 5.41 Å². The summed E-state index contributed by atoms with van der Waals surface area (Å²) in [5.74, 6) is 0.269. The van der Waals surface area contributed by atoms with Crippen LogP contribution in [-0.2, 0) is 5.41 Å². The van der Waals surface area contributed by atoms with Crippen molar-refractivity contribution in [3.8, 4) is 0 Å². The van der Waals surface area contributed by atoms with Crippen LogP contribution in [0.5, 0.6) is 0 Å². The van der Waals surface area contributed by atoms with Gasteiger partial charge in [-0.2, -0.15) is 26.3 Å².